The Bertz CT molecular complexity index is 994. The molecule has 2 unspecified atom stereocenters. The van der Waals surface area contributed by atoms with Crippen molar-refractivity contribution in [3.8, 4) is 17.0 Å². The molecule has 3 nitrogen and oxygen atoms in total. The number of fused-ring (bicyclic) bond motifs is 1. The summed E-state index contributed by atoms with van der Waals surface area (Å²) in [4.78, 5) is 4.69. The lowest BCUT2D eigenvalue weighted by atomic mass is 9.93. The maximum Gasteiger partial charge on any atom is 0.149 e. The van der Waals surface area contributed by atoms with E-state index in [2.05, 4.69) is 4.98 Å². The number of hydrogen-bond acceptors (Lipinski definition) is 4. The first-order valence-electron chi connectivity index (χ1n) is 8.54. The molecule has 0 aliphatic carbocycles. The predicted molar refractivity (Wildman–Crippen MR) is 104 cm³/mol. The van der Waals surface area contributed by atoms with Crippen molar-refractivity contribution in [3.63, 3.8) is 0 Å². The first-order valence-corrected chi connectivity index (χ1v) is 9.86. The molecule has 2 N–H and O–H groups in total. The topological polar surface area (TPSA) is 48.1 Å². The van der Waals surface area contributed by atoms with Crippen LogP contribution in [0, 0.1) is 11.6 Å². The van der Waals surface area contributed by atoms with Crippen LogP contribution in [0.15, 0.2) is 35.0 Å². The minimum absolute atomic E-state index is 0.118. The van der Waals surface area contributed by atoms with Gasteiger partial charge in [-0.2, -0.15) is 11.3 Å². The van der Waals surface area contributed by atoms with Gasteiger partial charge in [0.25, 0.3) is 0 Å². The second-order valence-corrected chi connectivity index (χ2v) is 7.80. The minimum atomic E-state index is -0.807. The third-order valence-corrected chi connectivity index (χ3v) is 5.82. The molecule has 2 aromatic heterocycles. The van der Waals surface area contributed by atoms with Gasteiger partial charge in [-0.25, -0.2) is 13.8 Å². The van der Waals surface area contributed by atoms with Gasteiger partial charge in [-0.15, -0.1) is 0 Å². The van der Waals surface area contributed by atoms with Gasteiger partial charge >= 0.3 is 0 Å². The number of ether oxygens (including phenoxy) is 1. The van der Waals surface area contributed by atoms with Gasteiger partial charge in [-0.05, 0) is 34.5 Å². The average Bonchev–Trinajstić information content (AvgIpc) is 3.29. The van der Waals surface area contributed by atoms with Crippen LogP contribution in [-0.4, -0.2) is 18.1 Å². The zero-order chi connectivity index (χ0) is 19.1. The first-order chi connectivity index (χ1) is 13.0. The zero-order valence-corrected chi connectivity index (χ0v) is 16.1. The Morgan fingerprint density at radius 2 is 2.15 bits per heavy atom. The molecular weight excluding hydrogens is 390 g/mol. The van der Waals surface area contributed by atoms with Gasteiger partial charge in [0.2, 0.25) is 0 Å². The van der Waals surface area contributed by atoms with E-state index in [0.717, 1.165) is 22.9 Å². The van der Waals surface area contributed by atoms with E-state index in [4.69, 9.17) is 22.1 Å². The molecule has 1 aromatic carbocycles. The maximum absolute atomic E-state index is 14.6. The van der Waals surface area contributed by atoms with Crippen molar-refractivity contribution in [1.82, 2.24) is 4.98 Å². The molecule has 0 saturated carbocycles. The number of nitrogens with zero attached hydrogens (tertiary/aromatic N) is 1. The molecule has 0 amide bonds. The van der Waals surface area contributed by atoms with Gasteiger partial charge in [0, 0.05) is 35.6 Å². The smallest absolute Gasteiger partial charge is 0.149 e. The van der Waals surface area contributed by atoms with E-state index in [1.165, 1.54) is 6.07 Å². The van der Waals surface area contributed by atoms with Gasteiger partial charge < -0.3 is 10.5 Å². The fourth-order valence-corrected chi connectivity index (χ4v) is 4.23. The summed E-state index contributed by atoms with van der Waals surface area (Å²) in [6.45, 7) is 2.88. The quantitative estimate of drug-likeness (QED) is 0.596. The molecule has 0 fully saturated rings. The lowest BCUT2D eigenvalue weighted by molar-refractivity contribution is 0.337. The van der Waals surface area contributed by atoms with Crippen molar-refractivity contribution in [3.05, 3.63) is 68.5 Å². The van der Waals surface area contributed by atoms with E-state index in [-0.39, 0.29) is 22.4 Å². The van der Waals surface area contributed by atoms with Gasteiger partial charge in [0.1, 0.15) is 23.1 Å². The Morgan fingerprint density at radius 3 is 2.85 bits per heavy atom. The number of aromatic nitrogens is 1. The lowest BCUT2D eigenvalue weighted by Gasteiger charge is -2.17. The molecule has 2 atom stereocenters. The number of pyridine rings is 1. The Morgan fingerprint density at radius 1 is 1.33 bits per heavy atom. The van der Waals surface area contributed by atoms with Crippen LogP contribution in [0.2, 0.25) is 5.02 Å². The molecule has 3 heterocycles. The second kappa shape index (κ2) is 7.19. The number of rotatable bonds is 4. The SMILES string of the molecule is CC1COc2c1cc(C(CN)c1ccsc1)nc2-c1cc(Cl)c(F)cc1F. The summed E-state index contributed by atoms with van der Waals surface area (Å²) < 4.78 is 34.0. The number of thiophene rings is 1. The molecule has 1 aliphatic heterocycles. The largest absolute Gasteiger partial charge is 0.490 e. The third-order valence-electron chi connectivity index (χ3n) is 4.83. The van der Waals surface area contributed by atoms with E-state index in [9.17, 15) is 8.78 Å². The monoisotopic (exact) mass is 406 g/mol. The molecule has 1 aliphatic rings. The number of hydrogen-bond donors (Lipinski definition) is 1. The van der Waals surface area contributed by atoms with Crippen LogP contribution in [-0.2, 0) is 0 Å². The normalized spacial score (nSPS) is 16.9. The van der Waals surface area contributed by atoms with Crippen LogP contribution in [0.1, 0.15) is 35.6 Å². The zero-order valence-electron chi connectivity index (χ0n) is 14.5. The number of nitrogens with two attached hydrogens (primary N) is 1. The highest BCUT2D eigenvalue weighted by atomic mass is 35.5. The Hall–Kier alpha value is -2.02. The summed E-state index contributed by atoms with van der Waals surface area (Å²) in [7, 11) is 0. The molecule has 4 rings (SSSR count). The fraction of sp³-hybridized carbons (Fsp3) is 0.250. The summed E-state index contributed by atoms with van der Waals surface area (Å²) in [5, 5.41) is 3.85. The molecule has 0 spiro atoms. The van der Waals surface area contributed by atoms with Crippen LogP contribution in [0.4, 0.5) is 8.78 Å². The van der Waals surface area contributed by atoms with E-state index in [1.54, 1.807) is 11.3 Å². The second-order valence-electron chi connectivity index (χ2n) is 6.62. The van der Waals surface area contributed by atoms with Crippen molar-refractivity contribution < 1.29 is 13.5 Å². The van der Waals surface area contributed by atoms with E-state index >= 15 is 0 Å². The molecule has 140 valence electrons. The number of halogens is 3. The predicted octanol–water partition coefficient (Wildman–Crippen LogP) is 5.33. The van der Waals surface area contributed by atoms with E-state index < -0.39 is 11.6 Å². The van der Waals surface area contributed by atoms with Crippen LogP contribution in [0.3, 0.4) is 0 Å². The molecule has 0 radical (unpaired) electrons. The van der Waals surface area contributed by atoms with Crippen molar-refractivity contribution in [2.75, 3.05) is 13.2 Å². The summed E-state index contributed by atoms with van der Waals surface area (Å²) in [6.07, 6.45) is 0. The summed E-state index contributed by atoms with van der Waals surface area (Å²) >= 11 is 7.48. The molecule has 0 saturated heterocycles. The Kier molecular flexibility index (Phi) is 4.88. The van der Waals surface area contributed by atoms with Crippen LogP contribution < -0.4 is 10.5 Å². The molecule has 0 bridgehead atoms. The van der Waals surface area contributed by atoms with E-state index in [1.807, 2.05) is 29.8 Å². The number of benzene rings is 1. The van der Waals surface area contributed by atoms with Gasteiger partial charge in [-0.1, -0.05) is 18.5 Å². The Balaban J connectivity index is 1.93. The highest BCUT2D eigenvalue weighted by Crippen LogP contribution is 2.44. The molecular formula is C20H17ClF2N2OS. The van der Waals surface area contributed by atoms with Crippen molar-refractivity contribution in [2.24, 2.45) is 5.73 Å². The summed E-state index contributed by atoms with van der Waals surface area (Å²) in [6, 6.07) is 6.02. The Labute approximate surface area is 164 Å². The van der Waals surface area contributed by atoms with Crippen LogP contribution >= 0.6 is 22.9 Å². The summed E-state index contributed by atoms with van der Waals surface area (Å²) in [5.74, 6) is -0.994. The van der Waals surface area contributed by atoms with Crippen molar-refractivity contribution in [2.45, 2.75) is 18.8 Å². The average molecular weight is 407 g/mol. The maximum atomic E-state index is 14.6. The first kappa shape index (κ1) is 18.3. The highest BCUT2D eigenvalue weighted by Gasteiger charge is 2.29. The minimum Gasteiger partial charge on any atom is -0.490 e. The molecule has 7 heteroatoms. The highest BCUT2D eigenvalue weighted by molar-refractivity contribution is 7.08. The molecule has 27 heavy (non-hydrogen) atoms. The third kappa shape index (κ3) is 3.22. The standard InChI is InChI=1S/C20H17ClF2N2OS/c1-10-8-26-20-12(10)5-18(14(7-24)11-2-3-27-9-11)25-19(20)13-4-15(21)17(23)6-16(13)22/h2-6,9-10,14H,7-8,24H2,1H3. The van der Waals surface area contributed by atoms with Gasteiger partial charge in [-0.3, -0.25) is 0 Å². The lowest BCUT2D eigenvalue weighted by Crippen LogP contribution is -2.15. The van der Waals surface area contributed by atoms with Crippen LogP contribution in [0.25, 0.3) is 11.3 Å². The summed E-state index contributed by atoms with van der Waals surface area (Å²) in [5.41, 5.74) is 9.23. The van der Waals surface area contributed by atoms with Crippen molar-refractivity contribution in [1.29, 1.82) is 0 Å². The van der Waals surface area contributed by atoms with Crippen molar-refractivity contribution >= 4 is 22.9 Å². The van der Waals surface area contributed by atoms with Gasteiger partial charge in [0.05, 0.1) is 17.3 Å². The van der Waals surface area contributed by atoms with E-state index in [0.29, 0.717) is 24.6 Å². The van der Waals surface area contributed by atoms with Crippen LogP contribution in [0.5, 0.6) is 5.75 Å². The fourth-order valence-electron chi connectivity index (χ4n) is 3.36. The molecule has 3 aromatic rings. The van der Waals surface area contributed by atoms with Gasteiger partial charge in [0.15, 0.2) is 0 Å².